The largest absolute Gasteiger partial charge is 0.497 e. The molecule has 0 unspecified atom stereocenters. The van der Waals surface area contributed by atoms with Gasteiger partial charge in [-0.3, -0.25) is 14.6 Å². The second-order valence-corrected chi connectivity index (χ2v) is 6.16. The van der Waals surface area contributed by atoms with E-state index in [1.165, 1.54) is 18.5 Å². The van der Waals surface area contributed by atoms with E-state index in [4.69, 9.17) is 4.74 Å². The predicted octanol–water partition coefficient (Wildman–Crippen LogP) is 2.95. The first-order valence-corrected chi connectivity index (χ1v) is 8.84. The fourth-order valence-corrected chi connectivity index (χ4v) is 2.60. The monoisotopic (exact) mass is 375 g/mol. The van der Waals surface area contributed by atoms with Crippen molar-refractivity contribution in [3.05, 3.63) is 95.3 Å². The number of benzene rings is 2. The summed E-state index contributed by atoms with van der Waals surface area (Å²) >= 11 is 0. The van der Waals surface area contributed by atoms with Crippen molar-refractivity contribution in [2.45, 2.75) is 13.1 Å². The third kappa shape index (κ3) is 5.17. The van der Waals surface area contributed by atoms with Gasteiger partial charge >= 0.3 is 0 Å². The number of amides is 2. The highest BCUT2D eigenvalue weighted by atomic mass is 16.5. The van der Waals surface area contributed by atoms with Crippen molar-refractivity contribution in [1.82, 2.24) is 15.6 Å². The van der Waals surface area contributed by atoms with Crippen LogP contribution in [0.3, 0.4) is 0 Å². The second-order valence-electron chi connectivity index (χ2n) is 6.16. The van der Waals surface area contributed by atoms with E-state index in [1.807, 2.05) is 54.6 Å². The topological polar surface area (TPSA) is 80.3 Å². The van der Waals surface area contributed by atoms with Gasteiger partial charge in [-0.15, -0.1) is 0 Å². The molecule has 0 bridgehead atoms. The van der Waals surface area contributed by atoms with Gasteiger partial charge in [-0.1, -0.05) is 42.5 Å². The molecule has 3 rings (SSSR count). The average Bonchev–Trinajstić information content (AvgIpc) is 2.77. The van der Waals surface area contributed by atoms with Crippen LogP contribution < -0.4 is 15.4 Å². The Morgan fingerprint density at radius 1 is 0.821 bits per heavy atom. The zero-order valence-corrected chi connectivity index (χ0v) is 15.5. The van der Waals surface area contributed by atoms with Crippen LogP contribution in [0.15, 0.2) is 73.1 Å². The molecule has 0 spiro atoms. The van der Waals surface area contributed by atoms with Crippen LogP contribution in [0, 0.1) is 0 Å². The van der Waals surface area contributed by atoms with Gasteiger partial charge in [0.15, 0.2) is 0 Å². The molecular formula is C22H21N3O3. The van der Waals surface area contributed by atoms with Crippen molar-refractivity contribution in [2.24, 2.45) is 0 Å². The molecule has 0 aliphatic rings. The van der Waals surface area contributed by atoms with Crippen molar-refractivity contribution in [2.75, 3.05) is 7.11 Å². The highest BCUT2D eigenvalue weighted by Gasteiger charge is 2.11. The number of rotatable bonds is 7. The minimum absolute atomic E-state index is 0.277. The van der Waals surface area contributed by atoms with Crippen LogP contribution in [-0.2, 0) is 13.1 Å². The maximum Gasteiger partial charge on any atom is 0.253 e. The summed E-state index contributed by atoms with van der Waals surface area (Å²) in [5.74, 6) is 0.190. The van der Waals surface area contributed by atoms with Crippen molar-refractivity contribution < 1.29 is 14.3 Å². The first kappa shape index (κ1) is 19.1. The van der Waals surface area contributed by atoms with Crippen molar-refractivity contribution in [1.29, 1.82) is 0 Å². The number of aromatic nitrogens is 1. The van der Waals surface area contributed by atoms with Crippen LogP contribution in [0.4, 0.5) is 0 Å². The van der Waals surface area contributed by atoms with Crippen LogP contribution in [0.5, 0.6) is 5.75 Å². The average molecular weight is 375 g/mol. The molecule has 0 fully saturated rings. The summed E-state index contributed by atoms with van der Waals surface area (Å²) in [5, 5.41) is 5.65. The third-order valence-corrected chi connectivity index (χ3v) is 4.17. The first-order valence-electron chi connectivity index (χ1n) is 8.84. The maximum atomic E-state index is 12.4. The Kier molecular flexibility index (Phi) is 6.36. The Morgan fingerprint density at radius 2 is 1.36 bits per heavy atom. The number of carbonyl (C=O) groups is 2. The van der Waals surface area contributed by atoms with Gasteiger partial charge in [0.2, 0.25) is 0 Å². The summed E-state index contributed by atoms with van der Waals surface area (Å²) in [4.78, 5) is 28.7. The molecule has 6 nitrogen and oxygen atoms in total. The Hall–Kier alpha value is -3.67. The molecule has 2 amide bonds. The maximum absolute atomic E-state index is 12.4. The van der Waals surface area contributed by atoms with Crippen LogP contribution in [0.25, 0.3) is 0 Å². The van der Waals surface area contributed by atoms with Gasteiger partial charge in [0.1, 0.15) is 5.75 Å². The molecule has 1 heterocycles. The minimum Gasteiger partial charge on any atom is -0.497 e. The first-order chi connectivity index (χ1) is 13.7. The molecule has 0 aliphatic heterocycles. The fourth-order valence-electron chi connectivity index (χ4n) is 2.60. The van der Waals surface area contributed by atoms with E-state index in [0.29, 0.717) is 24.2 Å². The van der Waals surface area contributed by atoms with E-state index in [1.54, 1.807) is 7.11 Å². The number of nitrogens with one attached hydrogen (secondary N) is 2. The molecule has 0 atom stereocenters. The van der Waals surface area contributed by atoms with Gasteiger partial charge in [0, 0.05) is 25.5 Å². The molecule has 0 aliphatic carbocycles. The van der Waals surface area contributed by atoms with E-state index < -0.39 is 0 Å². The Bertz CT molecular complexity index is 941. The fraction of sp³-hybridized carbons (Fsp3) is 0.136. The van der Waals surface area contributed by atoms with Gasteiger partial charge < -0.3 is 15.4 Å². The predicted molar refractivity (Wildman–Crippen MR) is 106 cm³/mol. The summed E-state index contributed by atoms with van der Waals surface area (Å²) in [5.41, 5.74) is 2.62. The molecule has 0 radical (unpaired) electrons. The lowest BCUT2D eigenvalue weighted by atomic mass is 10.1. The zero-order chi connectivity index (χ0) is 19.8. The van der Waals surface area contributed by atoms with Gasteiger partial charge in [0.25, 0.3) is 11.8 Å². The van der Waals surface area contributed by atoms with E-state index in [2.05, 4.69) is 15.6 Å². The lowest BCUT2D eigenvalue weighted by Gasteiger charge is -2.08. The van der Waals surface area contributed by atoms with E-state index >= 15 is 0 Å². The van der Waals surface area contributed by atoms with Crippen LogP contribution in [0.2, 0.25) is 0 Å². The van der Waals surface area contributed by atoms with Crippen molar-refractivity contribution in [3.8, 4) is 5.75 Å². The van der Waals surface area contributed by atoms with E-state index in [-0.39, 0.29) is 11.8 Å². The number of pyridine rings is 1. The van der Waals surface area contributed by atoms with Gasteiger partial charge in [0.05, 0.1) is 18.2 Å². The summed E-state index contributed by atoms with van der Waals surface area (Å²) in [6.07, 6.45) is 2.89. The zero-order valence-electron chi connectivity index (χ0n) is 15.5. The number of hydrogen-bond donors (Lipinski definition) is 2. The van der Waals surface area contributed by atoms with Crippen LogP contribution >= 0.6 is 0 Å². The minimum atomic E-state index is -0.291. The van der Waals surface area contributed by atoms with Gasteiger partial charge in [-0.25, -0.2) is 0 Å². The van der Waals surface area contributed by atoms with E-state index in [9.17, 15) is 9.59 Å². The van der Waals surface area contributed by atoms with Crippen LogP contribution in [0.1, 0.15) is 31.8 Å². The highest BCUT2D eigenvalue weighted by molar-refractivity contribution is 5.99. The number of nitrogens with zero attached hydrogens (tertiary/aromatic N) is 1. The summed E-state index contributed by atoms with van der Waals surface area (Å²) in [6, 6.07) is 18.6. The molecule has 2 N–H and O–H groups in total. The number of hydrogen-bond acceptors (Lipinski definition) is 4. The normalized spacial score (nSPS) is 10.2. The van der Waals surface area contributed by atoms with Crippen LogP contribution in [-0.4, -0.2) is 23.9 Å². The smallest absolute Gasteiger partial charge is 0.253 e. The van der Waals surface area contributed by atoms with Crippen molar-refractivity contribution >= 4 is 11.8 Å². The number of carbonyl (C=O) groups excluding carboxylic acids is 2. The molecule has 2 aromatic carbocycles. The second kappa shape index (κ2) is 9.32. The Balaban J connectivity index is 1.58. The molecular weight excluding hydrogens is 354 g/mol. The van der Waals surface area contributed by atoms with E-state index in [0.717, 1.165) is 16.9 Å². The summed E-state index contributed by atoms with van der Waals surface area (Å²) in [7, 11) is 1.60. The lowest BCUT2D eigenvalue weighted by Crippen LogP contribution is -2.25. The molecule has 0 saturated carbocycles. The van der Waals surface area contributed by atoms with Gasteiger partial charge in [-0.2, -0.15) is 0 Å². The SMILES string of the molecule is COc1ccc(CNC(=O)c2cncc(C(=O)NCc3ccccc3)c2)cc1. The Morgan fingerprint density at radius 3 is 1.89 bits per heavy atom. The standard InChI is InChI=1S/C22H21N3O3/c1-28-20-9-7-17(8-10-20)13-25-22(27)19-11-18(14-23-15-19)21(26)24-12-16-5-3-2-4-6-16/h2-11,14-15H,12-13H2,1H3,(H,24,26)(H,25,27). The summed E-state index contributed by atoms with van der Waals surface area (Å²) in [6.45, 7) is 0.779. The molecule has 1 aromatic heterocycles. The molecule has 28 heavy (non-hydrogen) atoms. The highest BCUT2D eigenvalue weighted by Crippen LogP contribution is 2.11. The van der Waals surface area contributed by atoms with Crippen molar-refractivity contribution in [3.63, 3.8) is 0 Å². The lowest BCUT2D eigenvalue weighted by molar-refractivity contribution is 0.0950. The van der Waals surface area contributed by atoms with Gasteiger partial charge in [-0.05, 0) is 29.3 Å². The Labute approximate surface area is 163 Å². The molecule has 6 heteroatoms. The number of methoxy groups -OCH3 is 1. The quantitative estimate of drug-likeness (QED) is 0.665. The number of ether oxygens (including phenoxy) is 1. The third-order valence-electron chi connectivity index (χ3n) is 4.17. The molecule has 3 aromatic rings. The molecule has 142 valence electrons. The summed E-state index contributed by atoms with van der Waals surface area (Å²) < 4.78 is 5.11. The molecule has 0 saturated heterocycles.